The number of hydrogen-bond donors (Lipinski definition) is 1. The van der Waals surface area contributed by atoms with Crippen LogP contribution in [0.4, 0.5) is 0 Å². The molecule has 1 atom stereocenters. The average molecular weight is 218 g/mol. The molecule has 2 aromatic heterocycles. The van der Waals surface area contributed by atoms with Crippen LogP contribution in [0.15, 0.2) is 29.0 Å². The lowest BCUT2D eigenvalue weighted by Gasteiger charge is -2.13. The summed E-state index contributed by atoms with van der Waals surface area (Å²) in [6.07, 6.45) is 6.52. The van der Waals surface area contributed by atoms with Crippen molar-refractivity contribution in [3.63, 3.8) is 0 Å². The van der Waals surface area contributed by atoms with Gasteiger partial charge in [-0.25, -0.2) is 0 Å². The highest BCUT2D eigenvalue weighted by molar-refractivity contribution is 5.06. The van der Waals surface area contributed by atoms with Gasteiger partial charge in [0.15, 0.2) is 5.82 Å². The zero-order valence-electron chi connectivity index (χ0n) is 8.91. The SMILES string of the molecule is NCc1noc([C@@H](C2CC2)n2cccc2)n1. The summed E-state index contributed by atoms with van der Waals surface area (Å²) in [4.78, 5) is 4.32. The minimum atomic E-state index is 0.183. The Kier molecular flexibility index (Phi) is 2.25. The molecule has 16 heavy (non-hydrogen) atoms. The molecular weight excluding hydrogens is 204 g/mol. The molecular formula is C11H14N4O. The summed E-state index contributed by atoms with van der Waals surface area (Å²) in [5.74, 6) is 1.88. The van der Waals surface area contributed by atoms with E-state index in [0.29, 0.717) is 24.2 Å². The topological polar surface area (TPSA) is 69.9 Å². The molecule has 2 N–H and O–H groups in total. The van der Waals surface area contributed by atoms with Gasteiger partial charge in [0.2, 0.25) is 5.89 Å². The van der Waals surface area contributed by atoms with Crippen LogP contribution in [0.3, 0.4) is 0 Å². The van der Waals surface area contributed by atoms with Gasteiger partial charge in [-0.15, -0.1) is 0 Å². The number of aromatic nitrogens is 3. The van der Waals surface area contributed by atoms with Gasteiger partial charge >= 0.3 is 0 Å². The first-order valence-electron chi connectivity index (χ1n) is 5.53. The van der Waals surface area contributed by atoms with E-state index in [9.17, 15) is 0 Å². The molecule has 1 aliphatic carbocycles. The minimum absolute atomic E-state index is 0.183. The molecule has 1 aliphatic rings. The number of hydrogen-bond acceptors (Lipinski definition) is 4. The zero-order chi connectivity index (χ0) is 11.0. The maximum absolute atomic E-state index is 5.48. The summed E-state index contributed by atoms with van der Waals surface area (Å²) >= 11 is 0. The summed E-state index contributed by atoms with van der Waals surface area (Å²) in [6, 6.07) is 4.20. The second-order valence-corrected chi connectivity index (χ2v) is 4.17. The van der Waals surface area contributed by atoms with Crippen LogP contribution in [0.2, 0.25) is 0 Å². The van der Waals surface area contributed by atoms with Crippen LogP contribution < -0.4 is 5.73 Å². The molecule has 2 aromatic rings. The van der Waals surface area contributed by atoms with E-state index >= 15 is 0 Å². The third-order valence-electron chi connectivity index (χ3n) is 2.94. The summed E-state index contributed by atoms with van der Waals surface area (Å²) in [5, 5.41) is 3.85. The Bertz CT molecular complexity index is 458. The van der Waals surface area contributed by atoms with E-state index in [0.717, 1.165) is 0 Å². The molecule has 84 valence electrons. The maximum Gasteiger partial charge on any atom is 0.250 e. The van der Waals surface area contributed by atoms with E-state index in [2.05, 4.69) is 14.7 Å². The first kappa shape index (κ1) is 9.59. The molecule has 5 nitrogen and oxygen atoms in total. The summed E-state index contributed by atoms with van der Waals surface area (Å²) in [7, 11) is 0. The normalized spacial score (nSPS) is 17.6. The quantitative estimate of drug-likeness (QED) is 0.840. The first-order chi connectivity index (χ1) is 7.88. The predicted molar refractivity (Wildman–Crippen MR) is 57.5 cm³/mol. The standard InChI is InChI=1S/C11H14N4O/c12-7-9-13-11(16-14-9)10(8-3-4-8)15-5-1-2-6-15/h1-2,5-6,8,10H,3-4,7,12H2/t10-/m1/s1. The smallest absolute Gasteiger partial charge is 0.250 e. The van der Waals surface area contributed by atoms with E-state index in [-0.39, 0.29) is 6.04 Å². The lowest BCUT2D eigenvalue weighted by atomic mass is 10.2. The third kappa shape index (κ3) is 1.63. The Morgan fingerprint density at radius 3 is 2.75 bits per heavy atom. The van der Waals surface area contributed by atoms with Gasteiger partial charge in [0, 0.05) is 12.4 Å². The highest BCUT2D eigenvalue weighted by Gasteiger charge is 2.36. The van der Waals surface area contributed by atoms with Crippen LogP contribution in [0.25, 0.3) is 0 Å². The fourth-order valence-corrected chi connectivity index (χ4v) is 1.99. The van der Waals surface area contributed by atoms with E-state index in [1.54, 1.807) is 0 Å². The Hall–Kier alpha value is -1.62. The molecule has 5 heteroatoms. The second kappa shape index (κ2) is 3.75. The van der Waals surface area contributed by atoms with Crippen LogP contribution in [0.1, 0.15) is 30.6 Å². The molecule has 0 amide bonds. The van der Waals surface area contributed by atoms with Crippen LogP contribution in [-0.2, 0) is 6.54 Å². The van der Waals surface area contributed by atoms with Gasteiger partial charge in [-0.2, -0.15) is 4.98 Å². The molecule has 0 spiro atoms. The van der Waals surface area contributed by atoms with Crippen LogP contribution in [0, 0.1) is 5.92 Å². The largest absolute Gasteiger partial charge is 0.342 e. The van der Waals surface area contributed by atoms with Crippen molar-refractivity contribution in [3.8, 4) is 0 Å². The fraction of sp³-hybridized carbons (Fsp3) is 0.455. The van der Waals surface area contributed by atoms with Gasteiger partial charge in [0.25, 0.3) is 0 Å². The monoisotopic (exact) mass is 218 g/mol. The van der Waals surface area contributed by atoms with Gasteiger partial charge in [-0.05, 0) is 30.9 Å². The van der Waals surface area contributed by atoms with Crippen molar-refractivity contribution < 1.29 is 4.52 Å². The number of nitrogens with two attached hydrogens (primary N) is 1. The summed E-state index contributed by atoms with van der Waals surface area (Å²) in [6.45, 7) is 0.326. The molecule has 0 aliphatic heterocycles. The van der Waals surface area contributed by atoms with Crippen LogP contribution in [0.5, 0.6) is 0 Å². The Morgan fingerprint density at radius 2 is 2.19 bits per heavy atom. The average Bonchev–Trinajstić information content (AvgIpc) is 2.83. The maximum atomic E-state index is 5.48. The minimum Gasteiger partial charge on any atom is -0.342 e. The molecule has 0 saturated heterocycles. The zero-order valence-corrected chi connectivity index (χ0v) is 8.91. The Labute approximate surface area is 93.3 Å². The lowest BCUT2D eigenvalue weighted by molar-refractivity contribution is 0.318. The summed E-state index contributed by atoms with van der Waals surface area (Å²) < 4.78 is 7.41. The number of rotatable bonds is 4. The molecule has 1 fully saturated rings. The number of nitrogens with zero attached hydrogens (tertiary/aromatic N) is 3. The first-order valence-corrected chi connectivity index (χ1v) is 5.53. The fourth-order valence-electron chi connectivity index (χ4n) is 1.99. The van der Waals surface area contributed by atoms with Gasteiger partial charge in [-0.1, -0.05) is 5.16 Å². The van der Waals surface area contributed by atoms with E-state index in [1.165, 1.54) is 12.8 Å². The molecule has 1 saturated carbocycles. The Morgan fingerprint density at radius 1 is 1.44 bits per heavy atom. The van der Waals surface area contributed by atoms with Crippen molar-refractivity contribution in [1.29, 1.82) is 0 Å². The van der Waals surface area contributed by atoms with Crippen molar-refractivity contribution in [2.45, 2.75) is 25.4 Å². The van der Waals surface area contributed by atoms with Crippen molar-refractivity contribution in [1.82, 2.24) is 14.7 Å². The summed E-state index contributed by atoms with van der Waals surface area (Å²) in [5.41, 5.74) is 5.48. The highest BCUT2D eigenvalue weighted by Crippen LogP contribution is 2.42. The van der Waals surface area contributed by atoms with Crippen molar-refractivity contribution in [2.75, 3.05) is 0 Å². The van der Waals surface area contributed by atoms with E-state index in [1.807, 2.05) is 24.5 Å². The predicted octanol–water partition coefficient (Wildman–Crippen LogP) is 1.33. The lowest BCUT2D eigenvalue weighted by Crippen LogP contribution is -2.11. The van der Waals surface area contributed by atoms with Crippen molar-refractivity contribution in [3.05, 3.63) is 36.2 Å². The molecule has 0 bridgehead atoms. The van der Waals surface area contributed by atoms with Gasteiger partial charge in [0.05, 0.1) is 6.54 Å². The van der Waals surface area contributed by atoms with Gasteiger partial charge in [0.1, 0.15) is 6.04 Å². The van der Waals surface area contributed by atoms with E-state index < -0.39 is 0 Å². The van der Waals surface area contributed by atoms with Crippen LogP contribution in [-0.4, -0.2) is 14.7 Å². The highest BCUT2D eigenvalue weighted by atomic mass is 16.5. The second-order valence-electron chi connectivity index (χ2n) is 4.17. The van der Waals surface area contributed by atoms with Crippen LogP contribution >= 0.6 is 0 Å². The van der Waals surface area contributed by atoms with Crippen molar-refractivity contribution in [2.24, 2.45) is 11.7 Å². The third-order valence-corrected chi connectivity index (χ3v) is 2.94. The van der Waals surface area contributed by atoms with Crippen molar-refractivity contribution >= 4 is 0 Å². The van der Waals surface area contributed by atoms with Gasteiger partial charge < -0.3 is 14.8 Å². The molecule has 3 rings (SSSR count). The molecule has 0 aromatic carbocycles. The molecule has 2 heterocycles. The Balaban J connectivity index is 1.93. The van der Waals surface area contributed by atoms with E-state index in [4.69, 9.17) is 10.3 Å². The molecule has 0 radical (unpaired) electrons. The van der Waals surface area contributed by atoms with Gasteiger partial charge in [-0.3, -0.25) is 0 Å². The molecule has 0 unspecified atom stereocenters.